The first-order chi connectivity index (χ1) is 17.7. The van der Waals surface area contributed by atoms with Crippen LogP contribution in [0.25, 0.3) is 44.3 Å². The number of imidazole rings is 1. The molecule has 0 spiro atoms. The van der Waals surface area contributed by atoms with Gasteiger partial charge in [-0.05, 0) is 36.6 Å². The van der Waals surface area contributed by atoms with E-state index in [4.69, 9.17) is 0 Å². The Labute approximate surface area is 213 Å². The predicted octanol–water partition coefficient (Wildman–Crippen LogP) is 2.95. The van der Waals surface area contributed by atoms with Gasteiger partial charge in [0.15, 0.2) is 0 Å². The third-order valence-electron chi connectivity index (χ3n) is 7.21. The minimum absolute atomic E-state index is 0.169. The van der Waals surface area contributed by atoms with Crippen molar-refractivity contribution < 1.29 is 8.42 Å². The molecule has 6 rings (SSSR count). The number of aromatic nitrogens is 6. The molecule has 1 unspecified atom stereocenters. The average Bonchev–Trinajstić information content (AvgIpc) is 3.44. The van der Waals surface area contributed by atoms with Gasteiger partial charge in [-0.15, -0.1) is 0 Å². The zero-order valence-corrected chi connectivity index (χ0v) is 21.7. The van der Waals surface area contributed by atoms with Crippen LogP contribution in [0.4, 0.5) is 0 Å². The van der Waals surface area contributed by atoms with E-state index in [0.29, 0.717) is 13.0 Å². The standard InChI is InChI=1S/C26H27N7O3S/c1-30-15-19(13-29-30)22-8-7-18(12-27-22)17-6-9-23-21(11-17)25-24(14-28-23)31(2)26(34)33(25)20-5-4-10-32(16-20)37(3,35)36/h6-9,11-15,20H,4-5,10,16H2,1-3H3. The van der Waals surface area contributed by atoms with Gasteiger partial charge in [0.1, 0.15) is 0 Å². The highest BCUT2D eigenvalue weighted by molar-refractivity contribution is 7.88. The number of aryl methyl sites for hydroxylation is 2. The quantitative estimate of drug-likeness (QED) is 0.363. The first-order valence-corrected chi connectivity index (χ1v) is 14.0. The van der Waals surface area contributed by atoms with Gasteiger partial charge in [0, 0.05) is 56.1 Å². The van der Waals surface area contributed by atoms with Crippen LogP contribution in [-0.4, -0.2) is 61.0 Å². The molecule has 1 aliphatic heterocycles. The van der Waals surface area contributed by atoms with Crippen molar-refractivity contribution in [1.29, 1.82) is 0 Å². The molecule has 5 heterocycles. The highest BCUT2D eigenvalue weighted by Gasteiger charge is 2.30. The van der Waals surface area contributed by atoms with Gasteiger partial charge in [0.05, 0.1) is 46.9 Å². The Balaban J connectivity index is 1.48. The molecule has 5 aromatic rings. The van der Waals surface area contributed by atoms with Gasteiger partial charge in [0.25, 0.3) is 0 Å². The topological polar surface area (TPSA) is 108 Å². The summed E-state index contributed by atoms with van der Waals surface area (Å²) in [7, 11) is 0.258. The number of nitrogens with zero attached hydrogens (tertiary/aromatic N) is 7. The van der Waals surface area contributed by atoms with Crippen LogP contribution in [0.15, 0.2) is 59.9 Å². The molecule has 1 fully saturated rings. The lowest BCUT2D eigenvalue weighted by atomic mass is 10.0. The van der Waals surface area contributed by atoms with Crippen molar-refractivity contribution in [2.24, 2.45) is 14.1 Å². The van der Waals surface area contributed by atoms with E-state index < -0.39 is 10.0 Å². The van der Waals surface area contributed by atoms with E-state index in [2.05, 4.69) is 15.1 Å². The molecule has 0 aliphatic carbocycles. The smallest absolute Gasteiger partial charge is 0.293 e. The first-order valence-electron chi connectivity index (χ1n) is 12.1. The predicted molar refractivity (Wildman–Crippen MR) is 143 cm³/mol. The Hall–Kier alpha value is -3.83. The Bertz CT molecular complexity index is 1820. The maximum Gasteiger partial charge on any atom is 0.329 e. The number of hydrogen-bond acceptors (Lipinski definition) is 6. The Morgan fingerprint density at radius 2 is 1.78 bits per heavy atom. The van der Waals surface area contributed by atoms with Crippen LogP contribution in [0.1, 0.15) is 18.9 Å². The number of fused-ring (bicyclic) bond motifs is 3. The summed E-state index contributed by atoms with van der Waals surface area (Å²) >= 11 is 0. The van der Waals surface area contributed by atoms with Crippen LogP contribution in [0.2, 0.25) is 0 Å². The van der Waals surface area contributed by atoms with E-state index in [1.165, 1.54) is 10.6 Å². The van der Waals surface area contributed by atoms with E-state index in [-0.39, 0.29) is 18.3 Å². The summed E-state index contributed by atoms with van der Waals surface area (Å²) in [6.45, 7) is 0.754. The third-order valence-corrected chi connectivity index (χ3v) is 8.48. The lowest BCUT2D eigenvalue weighted by Crippen LogP contribution is -2.42. The zero-order valence-electron chi connectivity index (χ0n) is 20.9. The summed E-state index contributed by atoms with van der Waals surface area (Å²) in [5.41, 5.74) is 5.78. The molecule has 1 atom stereocenters. The monoisotopic (exact) mass is 517 g/mol. The van der Waals surface area contributed by atoms with Crippen LogP contribution in [-0.2, 0) is 24.1 Å². The van der Waals surface area contributed by atoms with Crippen LogP contribution < -0.4 is 5.69 Å². The lowest BCUT2D eigenvalue weighted by molar-refractivity contribution is 0.267. The highest BCUT2D eigenvalue weighted by Crippen LogP contribution is 2.32. The number of rotatable bonds is 4. The molecule has 190 valence electrons. The molecule has 0 saturated carbocycles. The van der Waals surface area contributed by atoms with Gasteiger partial charge in [-0.1, -0.05) is 12.1 Å². The lowest BCUT2D eigenvalue weighted by Gasteiger charge is -2.31. The number of sulfonamides is 1. The van der Waals surface area contributed by atoms with E-state index in [0.717, 1.165) is 50.7 Å². The van der Waals surface area contributed by atoms with Crippen LogP contribution in [0, 0.1) is 0 Å². The second kappa shape index (κ2) is 8.63. The summed E-state index contributed by atoms with van der Waals surface area (Å²) in [5, 5.41) is 5.06. The van der Waals surface area contributed by atoms with E-state index in [1.54, 1.807) is 33.3 Å². The summed E-state index contributed by atoms with van der Waals surface area (Å²) in [6, 6.07) is 9.72. The van der Waals surface area contributed by atoms with Crippen molar-refractivity contribution in [2.45, 2.75) is 18.9 Å². The Morgan fingerprint density at radius 3 is 2.49 bits per heavy atom. The normalized spacial score (nSPS) is 17.1. The molecular formula is C26H27N7O3S. The van der Waals surface area contributed by atoms with E-state index >= 15 is 0 Å². The van der Waals surface area contributed by atoms with Crippen LogP contribution >= 0.6 is 0 Å². The van der Waals surface area contributed by atoms with Crippen LogP contribution in [0.5, 0.6) is 0 Å². The molecule has 0 bridgehead atoms. The van der Waals surface area contributed by atoms with Crippen LogP contribution in [0.3, 0.4) is 0 Å². The van der Waals surface area contributed by atoms with E-state index in [1.807, 2.05) is 49.8 Å². The first kappa shape index (κ1) is 23.6. The molecule has 1 aromatic carbocycles. The Kier molecular flexibility index (Phi) is 5.50. The van der Waals surface area contributed by atoms with Gasteiger partial charge in [0.2, 0.25) is 10.0 Å². The molecule has 1 aliphatic rings. The second-order valence-electron chi connectivity index (χ2n) is 9.69. The van der Waals surface area contributed by atoms with Crippen molar-refractivity contribution in [3.05, 3.63) is 65.6 Å². The fourth-order valence-corrected chi connectivity index (χ4v) is 6.17. The van der Waals surface area contributed by atoms with Crippen molar-refractivity contribution in [3.8, 4) is 22.4 Å². The molecule has 0 radical (unpaired) electrons. The van der Waals surface area contributed by atoms with Gasteiger partial charge in [-0.25, -0.2) is 17.5 Å². The SMILES string of the molecule is Cn1cc(-c2ccc(-c3ccc4ncc5c(c4c3)n(C3CCCN(S(C)(=O)=O)C3)c(=O)n5C)cn2)cn1. The van der Waals surface area contributed by atoms with Crippen molar-refractivity contribution >= 4 is 32.0 Å². The van der Waals surface area contributed by atoms with Crippen molar-refractivity contribution in [1.82, 2.24) is 33.2 Å². The molecule has 4 aromatic heterocycles. The molecule has 10 nitrogen and oxygen atoms in total. The fraction of sp³-hybridized carbons (Fsp3) is 0.308. The number of piperidine rings is 1. The summed E-state index contributed by atoms with van der Waals surface area (Å²) in [5.74, 6) is 0. The molecule has 0 amide bonds. The van der Waals surface area contributed by atoms with Gasteiger partial charge >= 0.3 is 5.69 Å². The van der Waals surface area contributed by atoms with E-state index in [9.17, 15) is 13.2 Å². The number of pyridine rings is 2. The molecule has 11 heteroatoms. The third kappa shape index (κ3) is 4.04. The number of hydrogen-bond donors (Lipinski definition) is 0. The van der Waals surface area contributed by atoms with Gasteiger partial charge in [-0.2, -0.15) is 5.10 Å². The minimum Gasteiger partial charge on any atom is -0.293 e. The highest BCUT2D eigenvalue weighted by atomic mass is 32.2. The summed E-state index contributed by atoms with van der Waals surface area (Å²) in [4.78, 5) is 22.7. The van der Waals surface area contributed by atoms with Gasteiger partial charge < -0.3 is 0 Å². The minimum atomic E-state index is -3.35. The van der Waals surface area contributed by atoms with Crippen molar-refractivity contribution in [3.63, 3.8) is 0 Å². The zero-order chi connectivity index (χ0) is 25.9. The maximum atomic E-state index is 13.4. The fourth-order valence-electron chi connectivity index (χ4n) is 5.27. The molecular weight excluding hydrogens is 490 g/mol. The summed E-state index contributed by atoms with van der Waals surface area (Å²) < 4.78 is 31.1. The maximum absolute atomic E-state index is 13.4. The molecule has 0 N–H and O–H groups in total. The largest absolute Gasteiger partial charge is 0.329 e. The Morgan fingerprint density at radius 1 is 0.973 bits per heavy atom. The molecule has 1 saturated heterocycles. The molecule has 37 heavy (non-hydrogen) atoms. The number of benzene rings is 1. The average molecular weight is 518 g/mol. The van der Waals surface area contributed by atoms with Crippen molar-refractivity contribution in [2.75, 3.05) is 19.3 Å². The summed E-state index contributed by atoms with van der Waals surface area (Å²) in [6.07, 6.45) is 9.91. The van der Waals surface area contributed by atoms with Gasteiger partial charge in [-0.3, -0.25) is 23.8 Å². The second-order valence-corrected chi connectivity index (χ2v) is 11.7.